The Kier molecular flexibility index (Phi) is 3.78. The maximum absolute atomic E-state index is 6.36. The van der Waals surface area contributed by atoms with E-state index in [0.717, 1.165) is 27.3 Å². The average Bonchev–Trinajstić information content (AvgIpc) is 2.94. The molecule has 0 aliphatic carbocycles. The van der Waals surface area contributed by atoms with Crippen molar-refractivity contribution >= 4 is 39.9 Å². The first-order valence-electron chi connectivity index (χ1n) is 7.60. The molecule has 128 valence electrons. The van der Waals surface area contributed by atoms with Crippen molar-refractivity contribution < 1.29 is 9.47 Å². The minimum atomic E-state index is -0.303. The molecule has 2 aromatic carbocycles. The highest BCUT2D eigenvalue weighted by Gasteiger charge is 2.31. The van der Waals surface area contributed by atoms with E-state index in [4.69, 9.17) is 20.9 Å². The van der Waals surface area contributed by atoms with E-state index in [9.17, 15) is 0 Å². The van der Waals surface area contributed by atoms with Gasteiger partial charge in [0.25, 0.3) is 0 Å². The van der Waals surface area contributed by atoms with Gasteiger partial charge in [-0.3, -0.25) is 4.90 Å². The van der Waals surface area contributed by atoms with Crippen LogP contribution in [0.5, 0.6) is 11.5 Å². The first kappa shape index (κ1) is 15.8. The van der Waals surface area contributed by atoms with Gasteiger partial charge < -0.3 is 20.9 Å². The van der Waals surface area contributed by atoms with Crippen molar-refractivity contribution in [1.82, 2.24) is 9.97 Å². The van der Waals surface area contributed by atoms with Crippen LogP contribution in [0, 0.1) is 0 Å². The summed E-state index contributed by atoms with van der Waals surface area (Å²) in [7, 11) is 3.20. The van der Waals surface area contributed by atoms with Gasteiger partial charge >= 0.3 is 0 Å². The molecule has 0 saturated carbocycles. The standard InChI is InChI=1S/C17H17N5O2S/c1-23-13-6-10-11(7-14(13)24-2)20-8-21-16(10)22-12-4-3-9(18)5-15(12)25-17(22)19/h3-8,17H,18-19H2,1-2H3. The van der Waals surface area contributed by atoms with Gasteiger partial charge in [-0.25, -0.2) is 9.97 Å². The molecule has 1 aliphatic rings. The van der Waals surface area contributed by atoms with E-state index in [2.05, 4.69) is 9.97 Å². The number of anilines is 3. The molecule has 4 rings (SSSR count). The molecular formula is C17H17N5O2S. The zero-order valence-corrected chi connectivity index (χ0v) is 14.6. The van der Waals surface area contributed by atoms with Crippen LogP contribution in [0.15, 0.2) is 41.6 Å². The predicted octanol–water partition coefficient (Wildman–Crippen LogP) is 2.72. The molecule has 0 fully saturated rings. The molecule has 1 aliphatic heterocycles. The van der Waals surface area contributed by atoms with Crippen molar-refractivity contribution in [2.75, 3.05) is 24.9 Å². The molecule has 2 heterocycles. The molecule has 3 aromatic rings. The molecule has 0 bridgehead atoms. The van der Waals surface area contributed by atoms with E-state index in [1.54, 1.807) is 26.0 Å². The van der Waals surface area contributed by atoms with Gasteiger partial charge in [0, 0.05) is 22.0 Å². The minimum Gasteiger partial charge on any atom is -0.493 e. The molecule has 0 spiro atoms. The molecule has 0 radical (unpaired) electrons. The fourth-order valence-corrected chi connectivity index (χ4v) is 4.01. The lowest BCUT2D eigenvalue weighted by Crippen LogP contribution is -2.32. The lowest BCUT2D eigenvalue weighted by Gasteiger charge is -2.24. The summed E-state index contributed by atoms with van der Waals surface area (Å²) in [5.74, 6) is 1.95. The minimum absolute atomic E-state index is 0.303. The molecular weight excluding hydrogens is 338 g/mol. The Bertz CT molecular complexity index is 965. The summed E-state index contributed by atoms with van der Waals surface area (Å²) in [6, 6.07) is 9.44. The molecule has 0 amide bonds. The van der Waals surface area contributed by atoms with Gasteiger partial charge in [-0.1, -0.05) is 11.8 Å². The normalized spacial score (nSPS) is 16.1. The zero-order chi connectivity index (χ0) is 17.6. The van der Waals surface area contributed by atoms with Crippen molar-refractivity contribution in [2.24, 2.45) is 5.73 Å². The second-order valence-electron chi connectivity index (χ2n) is 5.53. The SMILES string of the molecule is COc1cc2ncnc(N3c4ccc(N)cc4SC3N)c2cc1OC. The number of hydrogen-bond acceptors (Lipinski definition) is 8. The Morgan fingerprint density at radius 3 is 2.60 bits per heavy atom. The topological polar surface area (TPSA) is 99.5 Å². The number of hydrogen-bond donors (Lipinski definition) is 2. The van der Waals surface area contributed by atoms with Crippen molar-refractivity contribution in [3.05, 3.63) is 36.7 Å². The van der Waals surface area contributed by atoms with Gasteiger partial charge in [-0.15, -0.1) is 0 Å². The van der Waals surface area contributed by atoms with Crippen molar-refractivity contribution in [3.8, 4) is 11.5 Å². The molecule has 8 heteroatoms. The van der Waals surface area contributed by atoms with Gasteiger partial charge in [0.15, 0.2) is 11.5 Å². The Labute approximate surface area is 148 Å². The van der Waals surface area contributed by atoms with Crippen LogP contribution in [-0.2, 0) is 0 Å². The highest BCUT2D eigenvalue weighted by Crippen LogP contribution is 2.47. The Hall–Kier alpha value is -2.71. The van der Waals surface area contributed by atoms with Crippen molar-refractivity contribution in [2.45, 2.75) is 10.4 Å². The van der Waals surface area contributed by atoms with Gasteiger partial charge in [-0.2, -0.15) is 0 Å². The predicted molar refractivity (Wildman–Crippen MR) is 99.5 cm³/mol. The number of nitrogens with zero attached hydrogens (tertiary/aromatic N) is 3. The quantitative estimate of drug-likeness (QED) is 0.692. The van der Waals surface area contributed by atoms with Gasteiger partial charge in [0.1, 0.15) is 17.6 Å². The van der Waals surface area contributed by atoms with Gasteiger partial charge in [0.2, 0.25) is 0 Å². The smallest absolute Gasteiger partial charge is 0.162 e. The van der Waals surface area contributed by atoms with Gasteiger partial charge in [-0.05, 0) is 24.3 Å². The second-order valence-corrected chi connectivity index (χ2v) is 6.69. The van der Waals surface area contributed by atoms with Crippen LogP contribution < -0.4 is 25.8 Å². The fraction of sp³-hybridized carbons (Fsp3) is 0.176. The van der Waals surface area contributed by atoms with Crippen LogP contribution in [0.4, 0.5) is 17.2 Å². The molecule has 0 saturated heterocycles. The van der Waals surface area contributed by atoms with E-state index >= 15 is 0 Å². The highest BCUT2D eigenvalue weighted by molar-refractivity contribution is 8.00. The molecule has 25 heavy (non-hydrogen) atoms. The van der Waals surface area contributed by atoms with Crippen LogP contribution in [0.1, 0.15) is 0 Å². The average molecular weight is 355 g/mol. The fourth-order valence-electron chi connectivity index (χ4n) is 2.94. The number of fused-ring (bicyclic) bond motifs is 2. The third-order valence-electron chi connectivity index (χ3n) is 4.09. The Balaban J connectivity index is 1.93. The van der Waals surface area contributed by atoms with Gasteiger partial charge in [0.05, 0.1) is 25.4 Å². The Morgan fingerprint density at radius 2 is 1.84 bits per heavy atom. The largest absolute Gasteiger partial charge is 0.493 e. The van der Waals surface area contributed by atoms with Crippen LogP contribution in [0.25, 0.3) is 10.9 Å². The number of nitrogens with two attached hydrogens (primary N) is 2. The van der Waals surface area contributed by atoms with E-state index in [0.29, 0.717) is 17.2 Å². The summed E-state index contributed by atoms with van der Waals surface area (Å²) in [6.45, 7) is 0. The first-order chi connectivity index (χ1) is 12.1. The molecule has 1 unspecified atom stereocenters. The van der Waals surface area contributed by atoms with E-state index < -0.39 is 0 Å². The maximum Gasteiger partial charge on any atom is 0.162 e. The van der Waals surface area contributed by atoms with E-state index in [1.807, 2.05) is 35.2 Å². The number of nitrogen functional groups attached to an aromatic ring is 1. The summed E-state index contributed by atoms with van der Waals surface area (Å²) >= 11 is 1.54. The second kappa shape index (κ2) is 5.98. The van der Waals surface area contributed by atoms with E-state index in [-0.39, 0.29) is 5.50 Å². The summed E-state index contributed by atoms with van der Waals surface area (Å²) in [5.41, 5.74) is 14.4. The number of ether oxygens (including phenoxy) is 2. The van der Waals surface area contributed by atoms with Crippen molar-refractivity contribution in [3.63, 3.8) is 0 Å². The zero-order valence-electron chi connectivity index (χ0n) is 13.8. The molecule has 1 atom stereocenters. The number of thioether (sulfide) groups is 1. The first-order valence-corrected chi connectivity index (χ1v) is 8.48. The number of aromatic nitrogens is 2. The number of methoxy groups -OCH3 is 2. The molecule has 4 N–H and O–H groups in total. The summed E-state index contributed by atoms with van der Waals surface area (Å²) in [5, 5.41) is 0.834. The van der Waals surface area contributed by atoms with E-state index in [1.165, 1.54) is 6.33 Å². The molecule has 7 nitrogen and oxygen atoms in total. The van der Waals surface area contributed by atoms with Crippen LogP contribution in [-0.4, -0.2) is 29.7 Å². The summed E-state index contributed by atoms with van der Waals surface area (Å²) in [6.07, 6.45) is 1.52. The third kappa shape index (κ3) is 2.50. The number of rotatable bonds is 3. The lowest BCUT2D eigenvalue weighted by atomic mass is 10.2. The third-order valence-corrected chi connectivity index (χ3v) is 5.13. The monoisotopic (exact) mass is 355 g/mol. The Morgan fingerprint density at radius 1 is 1.08 bits per heavy atom. The lowest BCUT2D eigenvalue weighted by molar-refractivity contribution is 0.356. The summed E-state index contributed by atoms with van der Waals surface area (Å²) < 4.78 is 10.8. The molecule has 1 aromatic heterocycles. The van der Waals surface area contributed by atoms with Crippen LogP contribution in [0.3, 0.4) is 0 Å². The highest BCUT2D eigenvalue weighted by atomic mass is 32.2. The number of benzene rings is 2. The van der Waals surface area contributed by atoms with Crippen LogP contribution in [0.2, 0.25) is 0 Å². The summed E-state index contributed by atoms with van der Waals surface area (Å²) in [4.78, 5) is 11.8. The maximum atomic E-state index is 6.36. The van der Waals surface area contributed by atoms with Crippen molar-refractivity contribution in [1.29, 1.82) is 0 Å². The van der Waals surface area contributed by atoms with Crippen LogP contribution >= 0.6 is 11.8 Å².